The number of rotatable bonds is 5. The summed E-state index contributed by atoms with van der Waals surface area (Å²) in [7, 11) is 0. The summed E-state index contributed by atoms with van der Waals surface area (Å²) in [5, 5.41) is 9.63. The van der Waals surface area contributed by atoms with Crippen molar-refractivity contribution in [3.63, 3.8) is 0 Å². The smallest absolute Gasteiger partial charge is 0.406 e. The lowest BCUT2D eigenvalue weighted by Gasteiger charge is -2.10. The van der Waals surface area contributed by atoms with E-state index in [1.54, 1.807) is 40.4 Å². The molecule has 1 aromatic carbocycles. The molecule has 9 heteroatoms. The molecule has 0 aliphatic heterocycles. The number of anilines is 1. The summed E-state index contributed by atoms with van der Waals surface area (Å²) in [6.45, 7) is 0.640. The summed E-state index contributed by atoms with van der Waals surface area (Å²) in [5.41, 5.74) is 1.69. The zero-order valence-electron chi connectivity index (χ0n) is 13.8. The Balaban J connectivity index is 1.65. The second-order valence-electron chi connectivity index (χ2n) is 5.63. The van der Waals surface area contributed by atoms with Crippen molar-refractivity contribution < 1.29 is 17.9 Å². The fourth-order valence-corrected chi connectivity index (χ4v) is 3.33. The molecule has 0 fully saturated rings. The molecule has 0 radical (unpaired) electrons. The van der Waals surface area contributed by atoms with Gasteiger partial charge in [-0.15, -0.1) is 24.5 Å². The van der Waals surface area contributed by atoms with E-state index in [0.29, 0.717) is 23.3 Å². The first-order valence-corrected chi connectivity index (χ1v) is 8.83. The van der Waals surface area contributed by atoms with E-state index in [9.17, 15) is 13.2 Å². The van der Waals surface area contributed by atoms with Crippen molar-refractivity contribution >= 4 is 22.8 Å². The molecule has 1 N–H and O–H groups in total. The highest BCUT2D eigenvalue weighted by molar-refractivity contribution is 7.09. The van der Waals surface area contributed by atoms with Gasteiger partial charge in [0.25, 0.3) is 0 Å². The van der Waals surface area contributed by atoms with Crippen LogP contribution in [-0.4, -0.2) is 21.0 Å². The minimum atomic E-state index is -4.74. The fraction of sp³-hybridized carbons (Fsp3) is 0.111. The number of nitrogens with zero attached hydrogens (tertiary/aromatic N) is 3. The third-order valence-electron chi connectivity index (χ3n) is 3.80. The zero-order chi connectivity index (χ0) is 18.9. The minimum absolute atomic E-state index is 0.286. The molecule has 27 heavy (non-hydrogen) atoms. The number of ether oxygens (including phenoxy) is 1. The van der Waals surface area contributed by atoms with Crippen molar-refractivity contribution in [3.05, 3.63) is 65.1 Å². The number of aromatic nitrogens is 3. The first-order valence-electron chi connectivity index (χ1n) is 7.95. The van der Waals surface area contributed by atoms with Crippen molar-refractivity contribution in [2.24, 2.45) is 0 Å². The molecule has 0 aliphatic rings. The van der Waals surface area contributed by atoms with Gasteiger partial charge in [0.15, 0.2) is 5.65 Å². The summed E-state index contributed by atoms with van der Waals surface area (Å²) in [6.07, 6.45) is -1.53. The number of halogens is 3. The Bertz CT molecular complexity index is 1060. The molecule has 0 atom stereocenters. The molecule has 0 saturated heterocycles. The summed E-state index contributed by atoms with van der Waals surface area (Å²) in [4.78, 5) is 5.50. The number of fused-ring (bicyclic) bond motifs is 1. The molecule has 3 heterocycles. The highest BCUT2D eigenvalue weighted by Crippen LogP contribution is 2.30. The first-order chi connectivity index (χ1) is 13.0. The van der Waals surface area contributed by atoms with Crippen LogP contribution in [-0.2, 0) is 6.54 Å². The normalized spacial score (nSPS) is 11.7. The Morgan fingerprint density at radius 3 is 2.81 bits per heavy atom. The molecule has 4 rings (SSSR count). The molecular formula is C18H13F3N4OS. The van der Waals surface area contributed by atoms with E-state index < -0.39 is 6.36 Å². The number of hydrogen-bond donors (Lipinski definition) is 1. The quantitative estimate of drug-likeness (QED) is 0.523. The molecule has 0 aliphatic carbocycles. The highest BCUT2D eigenvalue weighted by atomic mass is 32.1. The Hall–Kier alpha value is -3.07. The monoisotopic (exact) mass is 390 g/mol. The van der Waals surface area contributed by atoms with Crippen LogP contribution in [0.5, 0.6) is 5.75 Å². The van der Waals surface area contributed by atoms with Gasteiger partial charge in [-0.2, -0.15) is 9.61 Å². The van der Waals surface area contributed by atoms with Crippen LogP contribution >= 0.6 is 11.3 Å². The molecule has 0 unspecified atom stereocenters. The van der Waals surface area contributed by atoms with Crippen LogP contribution in [0, 0.1) is 0 Å². The molecule has 0 saturated carbocycles. The molecule has 0 spiro atoms. The van der Waals surface area contributed by atoms with Gasteiger partial charge >= 0.3 is 6.36 Å². The van der Waals surface area contributed by atoms with E-state index in [1.165, 1.54) is 23.1 Å². The SMILES string of the molecule is FC(F)(F)Oc1cccc(-c2cnn3c(NCc4cccs4)ccnc23)c1. The molecule has 5 nitrogen and oxygen atoms in total. The second kappa shape index (κ2) is 6.92. The van der Waals surface area contributed by atoms with Gasteiger partial charge in [0.2, 0.25) is 0 Å². The minimum Gasteiger partial charge on any atom is -0.406 e. The van der Waals surface area contributed by atoms with Crippen LogP contribution in [0.2, 0.25) is 0 Å². The van der Waals surface area contributed by atoms with E-state index in [1.807, 2.05) is 17.5 Å². The summed E-state index contributed by atoms with van der Waals surface area (Å²) in [5.74, 6) is 0.452. The van der Waals surface area contributed by atoms with E-state index in [-0.39, 0.29) is 5.75 Å². The van der Waals surface area contributed by atoms with Crippen LogP contribution < -0.4 is 10.1 Å². The van der Waals surface area contributed by atoms with Crippen LogP contribution in [0.25, 0.3) is 16.8 Å². The van der Waals surface area contributed by atoms with Gasteiger partial charge in [-0.3, -0.25) is 0 Å². The van der Waals surface area contributed by atoms with Crippen molar-refractivity contribution in [2.75, 3.05) is 5.32 Å². The van der Waals surface area contributed by atoms with Gasteiger partial charge in [0, 0.05) is 16.6 Å². The maximum Gasteiger partial charge on any atom is 0.573 e. The van der Waals surface area contributed by atoms with Gasteiger partial charge < -0.3 is 10.1 Å². The van der Waals surface area contributed by atoms with Crippen LogP contribution in [0.3, 0.4) is 0 Å². The van der Waals surface area contributed by atoms with Gasteiger partial charge in [-0.25, -0.2) is 4.98 Å². The molecule has 4 aromatic rings. The maximum absolute atomic E-state index is 12.5. The lowest BCUT2D eigenvalue weighted by atomic mass is 10.1. The zero-order valence-corrected chi connectivity index (χ0v) is 14.6. The lowest BCUT2D eigenvalue weighted by Crippen LogP contribution is -2.17. The third kappa shape index (κ3) is 3.87. The molecule has 3 aromatic heterocycles. The van der Waals surface area contributed by atoms with Crippen molar-refractivity contribution in [3.8, 4) is 16.9 Å². The third-order valence-corrected chi connectivity index (χ3v) is 4.68. The number of thiophene rings is 1. The lowest BCUT2D eigenvalue weighted by molar-refractivity contribution is -0.274. The van der Waals surface area contributed by atoms with Crippen molar-refractivity contribution in [1.82, 2.24) is 14.6 Å². The van der Waals surface area contributed by atoms with Gasteiger partial charge in [-0.1, -0.05) is 18.2 Å². The predicted octanol–water partition coefficient (Wildman–Crippen LogP) is 4.97. The molecule has 0 amide bonds. The van der Waals surface area contributed by atoms with Crippen LogP contribution in [0.4, 0.5) is 19.0 Å². The van der Waals surface area contributed by atoms with Gasteiger partial charge in [0.1, 0.15) is 11.6 Å². The molecular weight excluding hydrogens is 377 g/mol. The Morgan fingerprint density at radius 2 is 2.04 bits per heavy atom. The summed E-state index contributed by atoms with van der Waals surface area (Å²) < 4.78 is 43.0. The highest BCUT2D eigenvalue weighted by Gasteiger charge is 2.31. The summed E-state index contributed by atoms with van der Waals surface area (Å²) in [6, 6.07) is 11.6. The van der Waals surface area contributed by atoms with Gasteiger partial charge in [-0.05, 0) is 35.2 Å². The van der Waals surface area contributed by atoms with Gasteiger partial charge in [0.05, 0.1) is 12.7 Å². The van der Waals surface area contributed by atoms with E-state index in [2.05, 4.69) is 20.1 Å². The maximum atomic E-state index is 12.5. The molecule has 0 bridgehead atoms. The largest absolute Gasteiger partial charge is 0.573 e. The average Bonchev–Trinajstić information content (AvgIpc) is 3.28. The topological polar surface area (TPSA) is 51.5 Å². The predicted molar refractivity (Wildman–Crippen MR) is 96.8 cm³/mol. The fourth-order valence-electron chi connectivity index (χ4n) is 2.68. The van der Waals surface area contributed by atoms with Crippen LogP contribution in [0.15, 0.2) is 60.2 Å². The standard InChI is InChI=1S/C18H13F3N4OS/c19-18(20,21)26-13-4-1-3-12(9-13)15-11-24-25-16(6-7-22-17(15)25)23-10-14-5-2-8-27-14/h1-9,11,23H,10H2. The van der Waals surface area contributed by atoms with E-state index in [0.717, 1.165) is 5.82 Å². The van der Waals surface area contributed by atoms with Crippen molar-refractivity contribution in [1.29, 1.82) is 0 Å². The Kier molecular flexibility index (Phi) is 4.44. The number of benzene rings is 1. The van der Waals surface area contributed by atoms with E-state index >= 15 is 0 Å². The summed E-state index contributed by atoms with van der Waals surface area (Å²) >= 11 is 1.64. The van der Waals surface area contributed by atoms with Crippen molar-refractivity contribution in [2.45, 2.75) is 12.9 Å². The Labute approximate surface area is 156 Å². The Morgan fingerprint density at radius 1 is 1.15 bits per heavy atom. The molecule has 138 valence electrons. The van der Waals surface area contributed by atoms with E-state index in [4.69, 9.17) is 0 Å². The average molecular weight is 390 g/mol. The van der Waals surface area contributed by atoms with Crippen LogP contribution in [0.1, 0.15) is 4.88 Å². The first kappa shape index (κ1) is 17.3. The number of hydrogen-bond acceptors (Lipinski definition) is 5. The second-order valence-corrected chi connectivity index (χ2v) is 6.66. The number of nitrogens with one attached hydrogen (secondary N) is 1. The number of alkyl halides is 3.